The molecule has 0 aromatic carbocycles. The number of nitrogens with zero attached hydrogens (tertiary/aromatic N) is 10. The Hall–Kier alpha value is -3.28. The average Bonchev–Trinajstić information content (AvgIpc) is 3.76. The summed E-state index contributed by atoms with van der Waals surface area (Å²) in [5.74, 6) is -0.197. The highest BCUT2D eigenvalue weighted by atomic mass is 32.5. The van der Waals surface area contributed by atoms with E-state index in [-0.39, 0.29) is 34.1 Å². The van der Waals surface area contributed by atoms with Gasteiger partial charge < -0.3 is 44.3 Å². The second-order valence-electron chi connectivity index (χ2n) is 10.3. The summed E-state index contributed by atoms with van der Waals surface area (Å²) in [4.78, 5) is 60.1. The molecule has 2 unspecified atom stereocenters. The number of ether oxygens (including phenoxy) is 2. The van der Waals surface area contributed by atoms with Crippen LogP contribution in [0.15, 0.2) is 28.9 Å². The first kappa shape index (κ1) is 32.3. The van der Waals surface area contributed by atoms with Crippen molar-refractivity contribution >= 4 is 71.1 Å². The molecular weight excluding hydrogens is 711 g/mol. The molecule has 27 heteroatoms. The quantitative estimate of drug-likeness (QED) is 0.0812. The third-order valence-corrected chi connectivity index (χ3v) is 10.6. The Bertz CT molecular complexity index is 2080. The number of aromatic nitrogens is 8. The zero-order chi connectivity index (χ0) is 33.2. The lowest BCUT2D eigenvalue weighted by molar-refractivity contribution is -0.0606. The van der Waals surface area contributed by atoms with Crippen LogP contribution in [0.3, 0.4) is 0 Å². The summed E-state index contributed by atoms with van der Waals surface area (Å²) in [6.45, 7) is -9.92. The van der Waals surface area contributed by atoms with Gasteiger partial charge in [-0.1, -0.05) is 5.11 Å². The fourth-order valence-electron chi connectivity index (χ4n) is 5.45. The number of H-pyrrole nitrogens is 1. The second-order valence-corrected chi connectivity index (χ2v) is 15.9. The SMILES string of the molecule is [N-]=[N+]=N[C@H]1[C@H]2OP(O)(=S)OC[C@H]3O[C@@H](n4cnc5c(=O)[nH]c(N)nc54)[C@H](OP(O)(=S)OC[C@H]1O[C@H]2n1cnc2c(N)ncnc21)[C@@H]3F. The normalized spacial score (nSPS) is 36.3. The number of nitrogens with one attached hydrogen (secondary N) is 1. The maximum absolute atomic E-state index is 16.0. The Balaban J connectivity index is 1.26. The first-order valence-electron chi connectivity index (χ1n) is 13.3. The minimum absolute atomic E-state index is 0.0617. The van der Waals surface area contributed by atoms with Crippen LogP contribution < -0.4 is 17.0 Å². The van der Waals surface area contributed by atoms with Crippen molar-refractivity contribution in [2.75, 3.05) is 24.7 Å². The number of anilines is 2. The Morgan fingerprint density at radius 1 is 0.979 bits per heavy atom. The molecule has 3 fully saturated rings. The zero-order valence-electron chi connectivity index (χ0n) is 23.2. The van der Waals surface area contributed by atoms with E-state index < -0.39 is 81.3 Å². The first-order valence-corrected chi connectivity index (χ1v) is 18.5. The van der Waals surface area contributed by atoms with Gasteiger partial charge in [-0.05, 0) is 29.1 Å². The van der Waals surface area contributed by atoms with E-state index in [1.807, 2.05) is 0 Å². The van der Waals surface area contributed by atoms with Crippen LogP contribution in [0.2, 0.25) is 0 Å². The molecule has 7 heterocycles. The number of nitrogens with two attached hydrogens (primary N) is 2. The third-order valence-electron chi connectivity index (χ3n) is 7.46. The molecule has 4 aromatic heterocycles. The smallest absolute Gasteiger partial charge is 0.325 e. The molecule has 0 spiro atoms. The molecule has 10 atom stereocenters. The average molecular weight is 734 g/mol. The van der Waals surface area contributed by atoms with Crippen molar-refractivity contribution in [3.05, 3.63) is 39.8 Å². The molecule has 3 saturated heterocycles. The molecule has 0 aliphatic carbocycles. The third kappa shape index (κ3) is 5.88. The first-order chi connectivity index (χ1) is 22.4. The summed E-state index contributed by atoms with van der Waals surface area (Å²) in [5, 5.41) is 3.77. The molecular formula is C20H22FN13O9P2S2. The highest BCUT2D eigenvalue weighted by Crippen LogP contribution is 2.54. The summed E-state index contributed by atoms with van der Waals surface area (Å²) in [6, 6.07) is -1.26. The van der Waals surface area contributed by atoms with Crippen molar-refractivity contribution in [3.8, 4) is 0 Å². The molecule has 47 heavy (non-hydrogen) atoms. The van der Waals surface area contributed by atoms with E-state index >= 15 is 4.39 Å². The molecule has 0 saturated carbocycles. The van der Waals surface area contributed by atoms with Crippen LogP contribution >= 0.6 is 13.4 Å². The lowest BCUT2D eigenvalue weighted by Crippen LogP contribution is -2.35. The Morgan fingerprint density at radius 2 is 1.60 bits per heavy atom. The molecule has 22 nitrogen and oxygen atoms in total. The van der Waals surface area contributed by atoms with Gasteiger partial charge in [-0.2, -0.15) is 4.98 Å². The molecule has 3 aliphatic heterocycles. The van der Waals surface area contributed by atoms with Crippen LogP contribution in [-0.2, 0) is 51.2 Å². The summed E-state index contributed by atoms with van der Waals surface area (Å²) in [5.41, 5.74) is 20.5. The van der Waals surface area contributed by atoms with Gasteiger partial charge in [-0.15, -0.1) is 0 Å². The van der Waals surface area contributed by atoms with Gasteiger partial charge in [0.15, 0.2) is 41.3 Å². The zero-order valence-corrected chi connectivity index (χ0v) is 26.7. The highest BCUT2D eigenvalue weighted by molar-refractivity contribution is 8.07. The number of alkyl halides is 1. The Kier molecular flexibility index (Phi) is 8.24. The number of halogens is 1. The van der Waals surface area contributed by atoms with E-state index in [0.717, 1.165) is 10.9 Å². The van der Waals surface area contributed by atoms with Crippen LogP contribution in [0.5, 0.6) is 0 Å². The van der Waals surface area contributed by atoms with Crippen LogP contribution in [0.1, 0.15) is 12.5 Å². The van der Waals surface area contributed by atoms with Crippen LogP contribution in [0.4, 0.5) is 16.2 Å². The van der Waals surface area contributed by atoms with Gasteiger partial charge in [0.05, 0.1) is 38.0 Å². The number of fused-ring (bicyclic) bond motifs is 6. The molecule has 250 valence electrons. The molecule has 4 bridgehead atoms. The standard InChI is InChI=1S/C20H22FN13O9P2S2/c21-8-6-1-38-45(37,47)43-13-9(31-32-24)7(41-19(13)33-4-27-10-14(22)25-3-26-15(10)33)2-39-44(36,46)42-12(8)18(40-6)34-5-28-11-16(34)29-20(23)30-17(11)35/h3-9,12-13,18-19H,1-2H2,(H,36,46)(H,37,47)(H2,22,25,26)(H3,23,29,30,35)/t6-,7-,8-,9-,12-,13-,18-,19-,44?,45?/m1/s1. The molecule has 0 radical (unpaired) electrons. The molecule has 4 aromatic rings. The van der Waals surface area contributed by atoms with E-state index in [9.17, 15) is 20.1 Å². The molecule has 7 N–H and O–H groups in total. The fourth-order valence-corrected chi connectivity index (χ4v) is 8.27. The van der Waals surface area contributed by atoms with E-state index in [1.165, 1.54) is 17.2 Å². The molecule has 0 amide bonds. The van der Waals surface area contributed by atoms with Gasteiger partial charge in [-0.3, -0.25) is 23.4 Å². The lowest BCUT2D eigenvalue weighted by Gasteiger charge is -2.28. The largest absolute Gasteiger partial charge is 0.382 e. The molecule has 7 rings (SSSR count). The number of azide groups is 1. The van der Waals surface area contributed by atoms with Gasteiger partial charge in [0.2, 0.25) is 5.95 Å². The van der Waals surface area contributed by atoms with Crippen molar-refractivity contribution in [2.45, 2.75) is 49.1 Å². The van der Waals surface area contributed by atoms with Crippen molar-refractivity contribution in [2.24, 2.45) is 5.11 Å². The summed E-state index contributed by atoms with van der Waals surface area (Å²) in [6.07, 6.45) is -6.92. The number of hydrogen-bond acceptors (Lipinski definition) is 17. The fraction of sp³-hybridized carbons (Fsp3) is 0.500. The van der Waals surface area contributed by atoms with E-state index in [1.54, 1.807) is 0 Å². The number of rotatable bonds is 3. The monoisotopic (exact) mass is 733 g/mol. The highest BCUT2D eigenvalue weighted by Gasteiger charge is 2.53. The van der Waals surface area contributed by atoms with Crippen LogP contribution in [0, 0.1) is 0 Å². The van der Waals surface area contributed by atoms with Crippen molar-refractivity contribution < 1.29 is 41.7 Å². The number of imidazole rings is 2. The number of nitrogen functional groups attached to an aromatic ring is 2. The van der Waals surface area contributed by atoms with Gasteiger partial charge >= 0.3 is 13.4 Å². The second kappa shape index (κ2) is 12.0. The summed E-state index contributed by atoms with van der Waals surface area (Å²) < 4.78 is 53.2. The van der Waals surface area contributed by atoms with Gasteiger partial charge in [0, 0.05) is 4.91 Å². The van der Waals surface area contributed by atoms with Crippen molar-refractivity contribution in [1.82, 2.24) is 39.0 Å². The van der Waals surface area contributed by atoms with E-state index in [2.05, 4.69) is 39.9 Å². The minimum Gasteiger partial charge on any atom is -0.382 e. The number of aromatic amines is 1. The predicted octanol–water partition coefficient (Wildman–Crippen LogP) is 0.186. The number of hydrogen-bond donors (Lipinski definition) is 5. The van der Waals surface area contributed by atoms with Gasteiger partial charge in [0.25, 0.3) is 5.56 Å². The Labute approximate surface area is 270 Å². The summed E-state index contributed by atoms with van der Waals surface area (Å²) >= 11 is 10.5. The van der Waals surface area contributed by atoms with Gasteiger partial charge in [0.1, 0.15) is 30.2 Å². The topological polar surface area (TPSA) is 304 Å². The maximum atomic E-state index is 16.0. The summed E-state index contributed by atoms with van der Waals surface area (Å²) in [7, 11) is 0. The lowest BCUT2D eigenvalue weighted by atomic mass is 10.1. The maximum Gasteiger partial charge on any atom is 0.325 e. The van der Waals surface area contributed by atoms with E-state index in [4.69, 9.17) is 62.6 Å². The van der Waals surface area contributed by atoms with Crippen LogP contribution in [-0.4, -0.2) is 98.7 Å². The molecule has 3 aliphatic rings. The minimum atomic E-state index is -4.34. The van der Waals surface area contributed by atoms with Crippen LogP contribution in [0.25, 0.3) is 32.8 Å². The van der Waals surface area contributed by atoms with Gasteiger partial charge in [-0.25, -0.2) is 24.3 Å². The van der Waals surface area contributed by atoms with Crippen molar-refractivity contribution in [3.63, 3.8) is 0 Å². The predicted molar refractivity (Wildman–Crippen MR) is 163 cm³/mol. The van der Waals surface area contributed by atoms with E-state index in [0.29, 0.717) is 0 Å². The van der Waals surface area contributed by atoms with Crippen molar-refractivity contribution in [1.29, 1.82) is 0 Å². The Morgan fingerprint density at radius 3 is 2.32 bits per heavy atom.